The first-order valence-corrected chi connectivity index (χ1v) is 12.5. The van der Waals surface area contributed by atoms with Gasteiger partial charge in [0.25, 0.3) is 5.92 Å². The third-order valence-electron chi connectivity index (χ3n) is 7.32. The second-order valence-electron chi connectivity index (χ2n) is 9.82. The minimum absolute atomic E-state index is 0.172. The van der Waals surface area contributed by atoms with Crippen LogP contribution >= 0.6 is 11.6 Å². The molecule has 7 nitrogen and oxygen atoms in total. The molecular formula is C23H30ClF5N4O3. The summed E-state index contributed by atoms with van der Waals surface area (Å²) in [5.41, 5.74) is -0.636. The number of nitrogens with zero attached hydrogens (tertiary/aromatic N) is 3. The predicted molar refractivity (Wildman–Crippen MR) is 122 cm³/mol. The molecule has 4 aliphatic rings. The van der Waals surface area contributed by atoms with E-state index in [0.29, 0.717) is 32.7 Å². The van der Waals surface area contributed by atoms with Gasteiger partial charge in [0.2, 0.25) is 5.91 Å². The zero-order chi connectivity index (χ0) is 26.3. The number of ether oxygens (including phenoxy) is 1. The predicted octanol–water partition coefficient (Wildman–Crippen LogP) is 3.50. The lowest BCUT2D eigenvalue weighted by Crippen LogP contribution is -2.69. The quantitative estimate of drug-likeness (QED) is 0.438. The van der Waals surface area contributed by atoms with Crippen LogP contribution in [-0.2, 0) is 9.53 Å². The molecule has 0 aromatic carbocycles. The van der Waals surface area contributed by atoms with Crippen LogP contribution in [0.2, 0.25) is 0 Å². The Morgan fingerprint density at radius 2 is 1.92 bits per heavy atom. The number of carbonyl (C=O) groups excluding carboxylic acids is 2. The third kappa shape index (κ3) is 5.96. The standard InChI is InChI=1S/C23H30ClF5N4O3/c1-14-20(34)33-16(4-7-31-8-5-22(25,26)6-9-31)12-36-13-17(33)11-32(14)21(35)30-15-2-3-18(19(24)10-15)23(27,28)29/h2-3,14,16-17,19H,4-13H2,1H3,(H,30,35)/t14-,16-,17+,19?/m0/s1. The van der Waals surface area contributed by atoms with Crippen LogP contribution < -0.4 is 5.32 Å². The molecule has 0 saturated carbocycles. The second kappa shape index (κ2) is 10.4. The SMILES string of the molecule is C[C@H]1C(=O)N2[C@@H](CCN3CCC(F)(F)CC3)COC[C@H]2CN1C(=O)NC1=CC=C(C(F)(F)F)C(Cl)C1. The van der Waals surface area contributed by atoms with Crippen LogP contribution in [0, 0.1) is 0 Å². The lowest BCUT2D eigenvalue weighted by atomic mass is 9.99. The van der Waals surface area contributed by atoms with Crippen LogP contribution in [0.4, 0.5) is 26.7 Å². The maximum absolute atomic E-state index is 13.4. The number of likely N-dealkylation sites (tertiary alicyclic amines) is 1. The molecule has 3 saturated heterocycles. The number of halogens is 6. The van der Waals surface area contributed by atoms with E-state index < -0.39 is 35.1 Å². The number of amides is 3. The summed E-state index contributed by atoms with van der Waals surface area (Å²) >= 11 is 5.88. The average Bonchev–Trinajstić information content (AvgIpc) is 2.79. The zero-order valence-electron chi connectivity index (χ0n) is 19.9. The Hall–Kier alpha value is -1.92. The lowest BCUT2D eigenvalue weighted by molar-refractivity contribution is -0.159. The molecule has 3 amide bonds. The van der Waals surface area contributed by atoms with E-state index in [1.165, 1.54) is 11.0 Å². The van der Waals surface area contributed by atoms with Crippen LogP contribution in [0.3, 0.4) is 0 Å². The van der Waals surface area contributed by atoms with Gasteiger partial charge >= 0.3 is 12.2 Å². The summed E-state index contributed by atoms with van der Waals surface area (Å²) in [4.78, 5) is 31.3. The minimum Gasteiger partial charge on any atom is -0.377 e. The van der Waals surface area contributed by atoms with E-state index in [4.69, 9.17) is 16.3 Å². The maximum Gasteiger partial charge on any atom is 0.414 e. The Morgan fingerprint density at radius 1 is 1.22 bits per heavy atom. The third-order valence-corrected chi connectivity index (χ3v) is 7.71. The molecular weight excluding hydrogens is 511 g/mol. The van der Waals surface area contributed by atoms with Gasteiger partial charge in [-0.25, -0.2) is 13.6 Å². The highest BCUT2D eigenvalue weighted by Gasteiger charge is 2.46. The number of urea groups is 1. The maximum atomic E-state index is 13.4. The highest BCUT2D eigenvalue weighted by molar-refractivity contribution is 6.22. The molecule has 0 radical (unpaired) electrons. The number of allylic oxidation sites excluding steroid dienone is 4. The monoisotopic (exact) mass is 540 g/mol. The molecule has 1 N–H and O–H groups in total. The molecule has 13 heteroatoms. The molecule has 4 rings (SSSR count). The lowest BCUT2D eigenvalue weighted by Gasteiger charge is -2.50. The summed E-state index contributed by atoms with van der Waals surface area (Å²) in [6, 6.07) is -1.98. The van der Waals surface area contributed by atoms with Gasteiger partial charge in [0.15, 0.2) is 0 Å². The van der Waals surface area contributed by atoms with E-state index in [-0.39, 0.29) is 56.1 Å². The van der Waals surface area contributed by atoms with E-state index in [9.17, 15) is 31.5 Å². The number of piperidine rings is 1. The first-order valence-electron chi connectivity index (χ1n) is 12.1. The van der Waals surface area contributed by atoms with Crippen LogP contribution in [0.5, 0.6) is 0 Å². The molecule has 1 aliphatic carbocycles. The highest BCUT2D eigenvalue weighted by Crippen LogP contribution is 2.36. The second-order valence-corrected chi connectivity index (χ2v) is 10.3. The Balaban J connectivity index is 1.36. The fraction of sp³-hybridized carbons (Fsp3) is 0.739. The number of alkyl halides is 6. The van der Waals surface area contributed by atoms with Gasteiger partial charge in [-0.2, -0.15) is 13.2 Å². The minimum atomic E-state index is -4.55. The molecule has 36 heavy (non-hydrogen) atoms. The van der Waals surface area contributed by atoms with E-state index in [2.05, 4.69) is 5.32 Å². The van der Waals surface area contributed by atoms with Gasteiger partial charge < -0.3 is 24.8 Å². The van der Waals surface area contributed by atoms with Crippen molar-refractivity contribution in [2.45, 2.75) is 68.2 Å². The van der Waals surface area contributed by atoms with Gasteiger partial charge in [0, 0.05) is 51.1 Å². The fourth-order valence-electron chi connectivity index (χ4n) is 5.19. The Labute approximate surface area is 211 Å². The summed E-state index contributed by atoms with van der Waals surface area (Å²) < 4.78 is 71.5. The summed E-state index contributed by atoms with van der Waals surface area (Å²) in [5.74, 6) is -2.86. The molecule has 202 valence electrons. The van der Waals surface area contributed by atoms with Crippen LogP contribution in [0.1, 0.15) is 32.6 Å². The molecule has 0 bridgehead atoms. The van der Waals surface area contributed by atoms with Crippen LogP contribution in [-0.4, -0.2) is 102 Å². The molecule has 4 atom stereocenters. The highest BCUT2D eigenvalue weighted by atomic mass is 35.5. The number of piperazine rings is 1. The van der Waals surface area contributed by atoms with Crippen molar-refractivity contribution < 1.29 is 36.3 Å². The van der Waals surface area contributed by atoms with Gasteiger partial charge in [-0.15, -0.1) is 11.6 Å². The number of fused-ring (bicyclic) bond motifs is 1. The largest absolute Gasteiger partial charge is 0.414 e. The van der Waals surface area contributed by atoms with Gasteiger partial charge in [-0.1, -0.05) is 6.08 Å². The van der Waals surface area contributed by atoms with E-state index >= 15 is 0 Å². The van der Waals surface area contributed by atoms with Crippen molar-refractivity contribution in [1.29, 1.82) is 0 Å². The smallest absolute Gasteiger partial charge is 0.377 e. The topological polar surface area (TPSA) is 65.1 Å². The molecule has 0 spiro atoms. The van der Waals surface area contributed by atoms with Crippen LogP contribution in [0.25, 0.3) is 0 Å². The zero-order valence-corrected chi connectivity index (χ0v) is 20.6. The van der Waals surface area contributed by atoms with E-state index in [0.717, 1.165) is 6.08 Å². The number of rotatable bonds is 4. The number of carbonyl (C=O) groups is 2. The number of hydrogen-bond acceptors (Lipinski definition) is 4. The number of hydrogen-bond donors (Lipinski definition) is 1. The first-order chi connectivity index (χ1) is 16.9. The first kappa shape index (κ1) is 27.1. The normalized spacial score (nSPS) is 31.5. The van der Waals surface area contributed by atoms with Gasteiger partial charge in [0.1, 0.15) is 6.04 Å². The van der Waals surface area contributed by atoms with Crippen molar-refractivity contribution >= 4 is 23.5 Å². The fourth-order valence-corrected chi connectivity index (χ4v) is 5.55. The molecule has 3 fully saturated rings. The Kier molecular flexibility index (Phi) is 7.87. The van der Waals surface area contributed by atoms with Gasteiger partial charge in [-0.05, 0) is 19.4 Å². The number of morpholine rings is 1. The molecule has 0 aromatic rings. The molecule has 3 aliphatic heterocycles. The van der Waals surface area contributed by atoms with Crippen LogP contribution in [0.15, 0.2) is 23.4 Å². The average molecular weight is 541 g/mol. The summed E-state index contributed by atoms with van der Waals surface area (Å²) in [7, 11) is 0. The van der Waals surface area contributed by atoms with Crippen molar-refractivity contribution in [3.8, 4) is 0 Å². The molecule has 0 aromatic heterocycles. The van der Waals surface area contributed by atoms with Gasteiger partial charge in [0.05, 0.1) is 36.2 Å². The van der Waals surface area contributed by atoms with Crippen molar-refractivity contribution in [3.63, 3.8) is 0 Å². The van der Waals surface area contributed by atoms with Gasteiger partial charge in [-0.3, -0.25) is 4.79 Å². The van der Waals surface area contributed by atoms with E-state index in [1.807, 2.05) is 4.90 Å². The summed E-state index contributed by atoms with van der Waals surface area (Å²) in [6.07, 6.45) is -2.48. The van der Waals surface area contributed by atoms with Crippen molar-refractivity contribution in [2.75, 3.05) is 39.4 Å². The Morgan fingerprint density at radius 3 is 2.56 bits per heavy atom. The Bertz CT molecular complexity index is 918. The molecule has 3 heterocycles. The van der Waals surface area contributed by atoms with Crippen molar-refractivity contribution in [1.82, 2.24) is 20.0 Å². The molecule has 1 unspecified atom stereocenters. The van der Waals surface area contributed by atoms with Crippen molar-refractivity contribution in [2.24, 2.45) is 0 Å². The van der Waals surface area contributed by atoms with E-state index in [1.54, 1.807) is 11.8 Å². The van der Waals surface area contributed by atoms with Crippen molar-refractivity contribution in [3.05, 3.63) is 23.4 Å². The summed E-state index contributed by atoms with van der Waals surface area (Å²) in [5, 5.41) is 1.28. The summed E-state index contributed by atoms with van der Waals surface area (Å²) in [6.45, 7) is 3.58. The number of nitrogens with one attached hydrogen (secondary N) is 1.